The first kappa shape index (κ1) is 18.3. The van der Waals surface area contributed by atoms with E-state index in [2.05, 4.69) is 20.8 Å². The number of anilines is 1. The van der Waals surface area contributed by atoms with E-state index in [9.17, 15) is 9.59 Å². The van der Waals surface area contributed by atoms with Gasteiger partial charge in [-0.3, -0.25) is 9.59 Å². The normalized spacial score (nSPS) is 18.5. The Hall–Kier alpha value is -2.45. The van der Waals surface area contributed by atoms with Crippen LogP contribution < -0.4 is 10.6 Å². The largest absolute Gasteiger partial charge is 0.326 e. The van der Waals surface area contributed by atoms with Gasteiger partial charge in [0.2, 0.25) is 11.8 Å². The molecule has 1 saturated heterocycles. The van der Waals surface area contributed by atoms with E-state index in [1.807, 2.05) is 49.6 Å². The second-order valence-corrected chi connectivity index (χ2v) is 7.93. The molecule has 134 valence electrons. The predicted octanol–water partition coefficient (Wildman–Crippen LogP) is 3.32. The van der Waals surface area contributed by atoms with E-state index in [0.717, 1.165) is 21.7 Å². The van der Waals surface area contributed by atoms with Crippen molar-refractivity contribution in [1.29, 1.82) is 0 Å². The molecule has 2 amide bonds. The van der Waals surface area contributed by atoms with E-state index in [4.69, 9.17) is 0 Å². The molecule has 1 aliphatic rings. The highest BCUT2D eigenvalue weighted by molar-refractivity contribution is 8.15. The quantitative estimate of drug-likeness (QED) is 0.611. The minimum Gasteiger partial charge on any atom is -0.326 e. The van der Waals surface area contributed by atoms with Gasteiger partial charge in [-0.1, -0.05) is 30.0 Å². The lowest BCUT2D eigenvalue weighted by Gasteiger charge is -2.11. The van der Waals surface area contributed by atoms with E-state index in [-0.39, 0.29) is 18.2 Å². The summed E-state index contributed by atoms with van der Waals surface area (Å²) in [6.07, 6.45) is 1.71. The number of carbonyl (C=O) groups is 2. The van der Waals surface area contributed by atoms with Crippen molar-refractivity contribution in [2.24, 2.45) is 10.2 Å². The topological polar surface area (TPSA) is 82.9 Å². The molecule has 2 aromatic rings. The van der Waals surface area contributed by atoms with Crippen molar-refractivity contribution in [1.82, 2.24) is 5.32 Å². The second-order valence-electron chi connectivity index (χ2n) is 5.76. The molecule has 0 radical (unpaired) electrons. The number of thioether (sulfide) groups is 1. The van der Waals surface area contributed by atoms with Crippen molar-refractivity contribution in [2.45, 2.75) is 25.5 Å². The number of carbonyl (C=O) groups excluding carboxylic acids is 2. The third-order valence-electron chi connectivity index (χ3n) is 3.90. The van der Waals surface area contributed by atoms with Crippen molar-refractivity contribution >= 4 is 52.0 Å². The van der Waals surface area contributed by atoms with Gasteiger partial charge in [0.25, 0.3) is 0 Å². The van der Waals surface area contributed by atoms with Crippen molar-refractivity contribution in [3.8, 4) is 0 Å². The fraction of sp³-hybridized carbons (Fsp3) is 0.222. The Labute approximate surface area is 159 Å². The van der Waals surface area contributed by atoms with Gasteiger partial charge in [-0.15, -0.1) is 16.4 Å². The lowest BCUT2D eigenvalue weighted by molar-refractivity contribution is -0.122. The number of hydrogen-bond acceptors (Lipinski definition) is 6. The van der Waals surface area contributed by atoms with Crippen LogP contribution in [0.25, 0.3) is 0 Å². The zero-order valence-electron chi connectivity index (χ0n) is 14.4. The maximum atomic E-state index is 12.3. The minimum absolute atomic E-state index is 0.0809. The van der Waals surface area contributed by atoms with Crippen molar-refractivity contribution in [3.63, 3.8) is 0 Å². The number of hydrogen-bond donors (Lipinski definition) is 2. The molecule has 0 aliphatic carbocycles. The number of benzene rings is 1. The summed E-state index contributed by atoms with van der Waals surface area (Å²) in [7, 11) is 0. The Morgan fingerprint density at radius 2 is 2.15 bits per heavy atom. The Bertz CT molecular complexity index is 875. The first-order valence-electron chi connectivity index (χ1n) is 8.01. The highest BCUT2D eigenvalue weighted by Crippen LogP contribution is 2.24. The molecule has 1 aromatic heterocycles. The molecule has 6 nitrogen and oxygen atoms in total. The molecular formula is C18H18N4O2S2. The lowest BCUT2D eigenvalue weighted by Crippen LogP contribution is -2.28. The molecule has 1 atom stereocenters. The van der Waals surface area contributed by atoms with Crippen LogP contribution in [0.4, 0.5) is 5.69 Å². The fourth-order valence-electron chi connectivity index (χ4n) is 2.35. The minimum atomic E-state index is -0.504. The van der Waals surface area contributed by atoms with Gasteiger partial charge in [0, 0.05) is 17.0 Å². The highest BCUT2D eigenvalue weighted by atomic mass is 32.2. The summed E-state index contributed by atoms with van der Waals surface area (Å²) >= 11 is 2.77. The molecule has 1 fully saturated rings. The molecule has 3 rings (SSSR count). The van der Waals surface area contributed by atoms with Gasteiger partial charge >= 0.3 is 0 Å². The number of nitrogens with one attached hydrogen (secondary N) is 2. The first-order chi connectivity index (χ1) is 12.5. The van der Waals surface area contributed by atoms with Gasteiger partial charge in [-0.05, 0) is 42.5 Å². The summed E-state index contributed by atoms with van der Waals surface area (Å²) in [5, 5.41) is 15.4. The van der Waals surface area contributed by atoms with E-state index in [1.165, 1.54) is 11.8 Å². The average Bonchev–Trinajstić information content (AvgIpc) is 3.22. The average molecular weight is 387 g/mol. The molecule has 0 saturated carbocycles. The van der Waals surface area contributed by atoms with Crippen LogP contribution in [-0.4, -0.2) is 28.4 Å². The summed E-state index contributed by atoms with van der Waals surface area (Å²) in [5.41, 5.74) is 2.90. The molecule has 2 N–H and O–H groups in total. The van der Waals surface area contributed by atoms with Crippen LogP contribution in [-0.2, 0) is 9.59 Å². The molecule has 8 heteroatoms. The van der Waals surface area contributed by atoms with E-state index >= 15 is 0 Å². The third kappa shape index (κ3) is 4.59. The molecule has 1 aromatic carbocycles. The number of rotatable bonds is 5. The summed E-state index contributed by atoms with van der Waals surface area (Å²) < 4.78 is 0. The molecule has 0 bridgehead atoms. The van der Waals surface area contributed by atoms with E-state index < -0.39 is 5.25 Å². The summed E-state index contributed by atoms with van der Waals surface area (Å²) in [6.45, 7) is 3.95. The molecule has 2 heterocycles. The van der Waals surface area contributed by atoms with Crippen molar-refractivity contribution < 1.29 is 9.59 Å². The van der Waals surface area contributed by atoms with Crippen LogP contribution in [0, 0.1) is 13.8 Å². The van der Waals surface area contributed by atoms with Gasteiger partial charge in [0.1, 0.15) is 5.25 Å². The molecule has 0 spiro atoms. The Morgan fingerprint density at radius 1 is 1.31 bits per heavy atom. The van der Waals surface area contributed by atoms with Gasteiger partial charge < -0.3 is 10.6 Å². The predicted molar refractivity (Wildman–Crippen MR) is 108 cm³/mol. The monoisotopic (exact) mass is 386 g/mol. The molecular weight excluding hydrogens is 368 g/mol. The second kappa shape index (κ2) is 8.29. The third-order valence-corrected chi connectivity index (χ3v) is 5.78. The molecule has 26 heavy (non-hydrogen) atoms. The summed E-state index contributed by atoms with van der Waals surface area (Å²) in [4.78, 5) is 25.3. The van der Waals surface area contributed by atoms with Crippen LogP contribution in [0.15, 0.2) is 45.9 Å². The van der Waals surface area contributed by atoms with Crippen LogP contribution >= 0.6 is 23.1 Å². The Morgan fingerprint density at radius 3 is 2.92 bits per heavy atom. The summed E-state index contributed by atoms with van der Waals surface area (Å²) in [6, 6.07) is 9.59. The van der Waals surface area contributed by atoms with Crippen LogP contribution in [0.3, 0.4) is 0 Å². The van der Waals surface area contributed by atoms with Gasteiger partial charge in [-0.2, -0.15) is 5.10 Å². The van der Waals surface area contributed by atoms with Crippen molar-refractivity contribution in [3.05, 3.63) is 51.7 Å². The number of thiophene rings is 1. The maximum Gasteiger partial charge on any atom is 0.240 e. The van der Waals surface area contributed by atoms with Crippen LogP contribution in [0.2, 0.25) is 0 Å². The molecule has 0 unspecified atom stereocenters. The smallest absolute Gasteiger partial charge is 0.240 e. The number of nitrogens with zero attached hydrogens (tertiary/aromatic N) is 2. The standard InChI is InChI=1S/C18H18N4O2S2/c1-11-5-3-7-14(12(11)2)20-16(23)9-15-17(24)21-18(26-15)22-19-10-13-6-4-8-25-13/h3-8,10,15H,9H2,1-2H3,(H,20,23)(H,21,22,24)/b19-10-/t15-/m1/s1. The van der Waals surface area contributed by atoms with Gasteiger partial charge in [0.05, 0.1) is 6.21 Å². The van der Waals surface area contributed by atoms with Crippen LogP contribution in [0.1, 0.15) is 22.4 Å². The molecule has 1 aliphatic heterocycles. The Kier molecular flexibility index (Phi) is 5.85. The maximum absolute atomic E-state index is 12.3. The number of aryl methyl sites for hydroxylation is 1. The SMILES string of the molecule is Cc1cccc(NC(=O)C[C@H]2S/C(=N/N=C\c3cccs3)NC2=O)c1C. The zero-order valence-corrected chi connectivity index (χ0v) is 16.0. The highest BCUT2D eigenvalue weighted by Gasteiger charge is 2.32. The fourth-order valence-corrected chi connectivity index (χ4v) is 3.85. The van der Waals surface area contributed by atoms with E-state index in [0.29, 0.717) is 5.17 Å². The number of amidine groups is 1. The first-order valence-corrected chi connectivity index (χ1v) is 9.77. The number of amides is 2. The summed E-state index contributed by atoms with van der Waals surface area (Å²) in [5.74, 6) is -0.425. The van der Waals surface area contributed by atoms with Gasteiger partial charge in [-0.25, -0.2) is 0 Å². The van der Waals surface area contributed by atoms with Crippen molar-refractivity contribution in [2.75, 3.05) is 5.32 Å². The van der Waals surface area contributed by atoms with E-state index in [1.54, 1.807) is 17.6 Å². The van der Waals surface area contributed by atoms with Crippen LogP contribution in [0.5, 0.6) is 0 Å². The van der Waals surface area contributed by atoms with Gasteiger partial charge in [0.15, 0.2) is 5.17 Å². The zero-order chi connectivity index (χ0) is 18.5. The Balaban J connectivity index is 1.57. The lowest BCUT2D eigenvalue weighted by atomic mass is 10.1.